The standard InChI is InChI=1S/C15H22FNO2/c1-4-6-7-12(5-2)17-14-10-11(15(18)19-3)8-9-13(14)16/h8-10,12,17H,4-7H2,1-3H3. The second-order valence-corrected chi connectivity index (χ2v) is 4.58. The van der Waals surface area contributed by atoms with Gasteiger partial charge in [0.15, 0.2) is 0 Å². The Kier molecular flexibility index (Phi) is 6.33. The summed E-state index contributed by atoms with van der Waals surface area (Å²) in [6.07, 6.45) is 4.13. The number of benzene rings is 1. The molecule has 19 heavy (non-hydrogen) atoms. The molecule has 1 unspecified atom stereocenters. The van der Waals surface area contributed by atoms with E-state index in [0.717, 1.165) is 25.7 Å². The van der Waals surface area contributed by atoms with Crippen LogP contribution in [0.4, 0.5) is 10.1 Å². The molecule has 1 atom stereocenters. The van der Waals surface area contributed by atoms with Crippen molar-refractivity contribution in [1.29, 1.82) is 0 Å². The van der Waals surface area contributed by atoms with Gasteiger partial charge in [0.25, 0.3) is 0 Å². The minimum atomic E-state index is -0.454. The third-order valence-electron chi connectivity index (χ3n) is 3.15. The minimum absolute atomic E-state index is 0.224. The first-order valence-electron chi connectivity index (χ1n) is 6.76. The number of carbonyl (C=O) groups is 1. The van der Waals surface area contributed by atoms with Gasteiger partial charge in [0.1, 0.15) is 5.82 Å². The first-order chi connectivity index (χ1) is 9.12. The molecule has 0 aliphatic heterocycles. The van der Waals surface area contributed by atoms with Crippen LogP contribution in [-0.2, 0) is 4.74 Å². The zero-order valence-electron chi connectivity index (χ0n) is 11.8. The molecule has 0 aliphatic rings. The number of ether oxygens (including phenoxy) is 1. The average molecular weight is 267 g/mol. The van der Waals surface area contributed by atoms with Crippen molar-refractivity contribution in [2.24, 2.45) is 0 Å². The van der Waals surface area contributed by atoms with Crippen LogP contribution < -0.4 is 5.32 Å². The zero-order chi connectivity index (χ0) is 14.3. The first kappa shape index (κ1) is 15.5. The predicted octanol–water partition coefficient (Wildman–Crippen LogP) is 3.99. The quantitative estimate of drug-likeness (QED) is 0.759. The molecule has 1 N–H and O–H groups in total. The Hall–Kier alpha value is -1.58. The minimum Gasteiger partial charge on any atom is -0.465 e. The van der Waals surface area contributed by atoms with Crippen LogP contribution in [-0.4, -0.2) is 19.1 Å². The molecule has 0 spiro atoms. The third-order valence-corrected chi connectivity index (χ3v) is 3.15. The monoisotopic (exact) mass is 267 g/mol. The number of hydrogen-bond acceptors (Lipinski definition) is 3. The van der Waals surface area contributed by atoms with Crippen molar-refractivity contribution in [1.82, 2.24) is 0 Å². The van der Waals surface area contributed by atoms with Gasteiger partial charge < -0.3 is 10.1 Å². The van der Waals surface area contributed by atoms with Gasteiger partial charge in [-0.1, -0.05) is 26.7 Å². The normalized spacial score (nSPS) is 12.0. The van der Waals surface area contributed by atoms with Crippen molar-refractivity contribution in [2.45, 2.75) is 45.6 Å². The lowest BCUT2D eigenvalue weighted by Crippen LogP contribution is -2.19. The summed E-state index contributed by atoms with van der Waals surface area (Å²) in [5, 5.41) is 3.17. The summed E-state index contributed by atoms with van der Waals surface area (Å²) >= 11 is 0. The largest absolute Gasteiger partial charge is 0.465 e. The Morgan fingerprint density at radius 1 is 1.42 bits per heavy atom. The number of carbonyl (C=O) groups excluding carboxylic acids is 1. The van der Waals surface area contributed by atoms with Crippen LogP contribution in [0.3, 0.4) is 0 Å². The van der Waals surface area contributed by atoms with Crippen molar-refractivity contribution in [3.63, 3.8) is 0 Å². The molecule has 0 amide bonds. The van der Waals surface area contributed by atoms with E-state index in [1.165, 1.54) is 25.3 Å². The Morgan fingerprint density at radius 2 is 2.16 bits per heavy atom. The summed E-state index contributed by atoms with van der Waals surface area (Å²) in [5.41, 5.74) is 0.725. The summed E-state index contributed by atoms with van der Waals surface area (Å²) in [7, 11) is 1.31. The fourth-order valence-corrected chi connectivity index (χ4v) is 1.93. The SMILES string of the molecule is CCCCC(CC)Nc1cc(C(=O)OC)ccc1F. The van der Waals surface area contributed by atoms with Crippen molar-refractivity contribution < 1.29 is 13.9 Å². The van der Waals surface area contributed by atoms with Gasteiger partial charge in [-0.2, -0.15) is 0 Å². The molecule has 0 heterocycles. The number of esters is 1. The molecule has 0 aliphatic carbocycles. The van der Waals surface area contributed by atoms with Crippen LogP contribution in [0.15, 0.2) is 18.2 Å². The second-order valence-electron chi connectivity index (χ2n) is 4.58. The number of anilines is 1. The van der Waals surface area contributed by atoms with Crippen LogP contribution in [0, 0.1) is 5.82 Å². The van der Waals surface area contributed by atoms with Crippen LogP contribution in [0.25, 0.3) is 0 Å². The van der Waals surface area contributed by atoms with E-state index in [1.54, 1.807) is 0 Å². The summed E-state index contributed by atoms with van der Waals surface area (Å²) in [5.74, 6) is -0.799. The Bertz CT molecular complexity index is 421. The lowest BCUT2D eigenvalue weighted by molar-refractivity contribution is 0.0600. The summed E-state index contributed by atoms with van der Waals surface area (Å²) in [6, 6.07) is 4.46. The highest BCUT2D eigenvalue weighted by molar-refractivity contribution is 5.90. The van der Waals surface area contributed by atoms with Gasteiger partial charge in [0.05, 0.1) is 18.4 Å². The van der Waals surface area contributed by atoms with E-state index in [9.17, 15) is 9.18 Å². The molecule has 106 valence electrons. The summed E-state index contributed by atoms with van der Waals surface area (Å²) in [4.78, 5) is 11.4. The average Bonchev–Trinajstić information content (AvgIpc) is 2.44. The van der Waals surface area contributed by atoms with Gasteiger partial charge in [-0.25, -0.2) is 9.18 Å². The van der Waals surface area contributed by atoms with Crippen molar-refractivity contribution in [3.8, 4) is 0 Å². The molecule has 1 aromatic rings. The second kappa shape index (κ2) is 7.77. The zero-order valence-corrected chi connectivity index (χ0v) is 11.8. The maximum absolute atomic E-state index is 13.7. The van der Waals surface area contributed by atoms with Gasteiger partial charge in [0.2, 0.25) is 0 Å². The Labute approximate surface area is 114 Å². The van der Waals surface area contributed by atoms with Crippen molar-refractivity contribution in [3.05, 3.63) is 29.6 Å². The summed E-state index contributed by atoms with van der Waals surface area (Å²) in [6.45, 7) is 4.20. The topological polar surface area (TPSA) is 38.3 Å². The lowest BCUT2D eigenvalue weighted by Gasteiger charge is -2.18. The molecule has 3 nitrogen and oxygen atoms in total. The van der Waals surface area contributed by atoms with Gasteiger partial charge in [0, 0.05) is 6.04 Å². The van der Waals surface area contributed by atoms with Gasteiger partial charge >= 0.3 is 5.97 Å². The molecule has 0 bridgehead atoms. The Morgan fingerprint density at radius 3 is 2.74 bits per heavy atom. The molecule has 0 radical (unpaired) electrons. The fourth-order valence-electron chi connectivity index (χ4n) is 1.93. The molecule has 1 rings (SSSR count). The van der Waals surface area contributed by atoms with Gasteiger partial charge in [-0.15, -0.1) is 0 Å². The molecule has 0 fully saturated rings. The van der Waals surface area contributed by atoms with Gasteiger partial charge in [-0.3, -0.25) is 0 Å². The first-order valence-corrected chi connectivity index (χ1v) is 6.76. The molecule has 0 aromatic heterocycles. The number of unbranched alkanes of at least 4 members (excludes halogenated alkanes) is 1. The molecule has 4 heteroatoms. The van der Waals surface area contributed by atoms with Crippen LogP contribution in [0.2, 0.25) is 0 Å². The maximum atomic E-state index is 13.7. The highest BCUT2D eigenvalue weighted by Gasteiger charge is 2.12. The predicted molar refractivity (Wildman–Crippen MR) is 75.0 cm³/mol. The van der Waals surface area contributed by atoms with Gasteiger partial charge in [-0.05, 0) is 31.0 Å². The van der Waals surface area contributed by atoms with E-state index >= 15 is 0 Å². The van der Waals surface area contributed by atoms with E-state index in [-0.39, 0.29) is 11.9 Å². The highest BCUT2D eigenvalue weighted by atomic mass is 19.1. The molecular weight excluding hydrogens is 245 g/mol. The van der Waals surface area contributed by atoms with Crippen LogP contribution >= 0.6 is 0 Å². The van der Waals surface area contributed by atoms with Crippen LogP contribution in [0.1, 0.15) is 49.9 Å². The number of methoxy groups -OCH3 is 1. The fraction of sp³-hybridized carbons (Fsp3) is 0.533. The van der Waals surface area contributed by atoms with E-state index in [0.29, 0.717) is 11.3 Å². The molecule has 0 saturated heterocycles. The number of hydrogen-bond donors (Lipinski definition) is 1. The maximum Gasteiger partial charge on any atom is 0.337 e. The highest BCUT2D eigenvalue weighted by Crippen LogP contribution is 2.20. The number of nitrogens with one attached hydrogen (secondary N) is 1. The smallest absolute Gasteiger partial charge is 0.337 e. The Balaban J connectivity index is 2.83. The van der Waals surface area contributed by atoms with Crippen molar-refractivity contribution in [2.75, 3.05) is 12.4 Å². The van der Waals surface area contributed by atoms with Crippen molar-refractivity contribution >= 4 is 11.7 Å². The third kappa shape index (κ3) is 4.54. The lowest BCUT2D eigenvalue weighted by atomic mass is 10.1. The molecule has 0 saturated carbocycles. The number of halogens is 1. The molecular formula is C15H22FNO2. The summed E-state index contributed by atoms with van der Waals surface area (Å²) < 4.78 is 18.4. The van der Waals surface area contributed by atoms with E-state index < -0.39 is 5.97 Å². The van der Waals surface area contributed by atoms with E-state index in [4.69, 9.17) is 0 Å². The van der Waals surface area contributed by atoms with Crippen LogP contribution in [0.5, 0.6) is 0 Å². The van der Waals surface area contributed by atoms with E-state index in [2.05, 4.69) is 23.9 Å². The van der Waals surface area contributed by atoms with E-state index in [1.807, 2.05) is 0 Å². The molecule has 1 aromatic carbocycles. The number of rotatable bonds is 7.